The SMILES string of the molecule is Cn1c(CCNC(=O)Cc2csc(NC(=O)c3ccccc3)n2)n[nH]c1=S. The van der Waals surface area contributed by atoms with Crippen molar-refractivity contribution in [2.45, 2.75) is 12.8 Å². The maximum atomic E-state index is 12.1. The highest BCUT2D eigenvalue weighted by atomic mass is 32.1. The minimum atomic E-state index is -0.228. The molecule has 2 heterocycles. The van der Waals surface area contributed by atoms with Gasteiger partial charge in [0.25, 0.3) is 5.91 Å². The van der Waals surface area contributed by atoms with Gasteiger partial charge in [0, 0.05) is 31.0 Å². The molecule has 0 saturated carbocycles. The zero-order valence-electron chi connectivity index (χ0n) is 14.6. The molecule has 0 aliphatic carbocycles. The number of carbonyl (C=O) groups is 2. The van der Waals surface area contributed by atoms with Gasteiger partial charge in [-0.15, -0.1) is 11.3 Å². The molecule has 3 N–H and O–H groups in total. The number of carbonyl (C=O) groups excluding carboxylic acids is 2. The molecule has 140 valence electrons. The van der Waals surface area contributed by atoms with Gasteiger partial charge in [-0.2, -0.15) is 5.10 Å². The lowest BCUT2D eigenvalue weighted by molar-refractivity contribution is -0.120. The standard InChI is InChI=1S/C17H18N6O2S2/c1-23-13(21-22-17(23)26)7-8-18-14(24)9-12-10-27-16(19-12)20-15(25)11-5-3-2-4-6-11/h2-6,10H,7-9H2,1H3,(H,18,24)(H,22,26)(H,19,20,25). The van der Waals surface area contributed by atoms with Crippen molar-refractivity contribution in [2.75, 3.05) is 11.9 Å². The number of amides is 2. The average molecular weight is 403 g/mol. The van der Waals surface area contributed by atoms with Crippen LogP contribution in [0.15, 0.2) is 35.7 Å². The maximum Gasteiger partial charge on any atom is 0.257 e. The zero-order valence-corrected chi connectivity index (χ0v) is 16.2. The average Bonchev–Trinajstić information content (AvgIpc) is 3.23. The van der Waals surface area contributed by atoms with E-state index in [-0.39, 0.29) is 18.2 Å². The quantitative estimate of drug-likeness (QED) is 0.525. The van der Waals surface area contributed by atoms with Crippen LogP contribution < -0.4 is 10.6 Å². The molecule has 1 aromatic carbocycles. The fourth-order valence-corrected chi connectivity index (χ4v) is 3.20. The van der Waals surface area contributed by atoms with Crippen molar-refractivity contribution in [3.05, 3.63) is 57.6 Å². The van der Waals surface area contributed by atoms with Crippen molar-refractivity contribution in [1.29, 1.82) is 0 Å². The first-order chi connectivity index (χ1) is 13.0. The number of anilines is 1. The molecule has 0 bridgehead atoms. The molecule has 8 nitrogen and oxygen atoms in total. The van der Waals surface area contributed by atoms with Crippen LogP contribution in [0.1, 0.15) is 21.9 Å². The summed E-state index contributed by atoms with van der Waals surface area (Å²) >= 11 is 6.33. The minimum absolute atomic E-state index is 0.141. The largest absolute Gasteiger partial charge is 0.355 e. The Hall–Kier alpha value is -2.85. The Labute approximate surface area is 164 Å². The topological polar surface area (TPSA) is 105 Å². The van der Waals surface area contributed by atoms with E-state index in [4.69, 9.17) is 12.2 Å². The predicted molar refractivity (Wildman–Crippen MR) is 105 cm³/mol. The predicted octanol–water partition coefficient (Wildman–Crippen LogP) is 2.09. The van der Waals surface area contributed by atoms with Gasteiger partial charge in [0.05, 0.1) is 12.1 Å². The molecule has 3 aromatic rings. The molecule has 0 aliphatic heterocycles. The Kier molecular flexibility index (Phi) is 6.09. The summed E-state index contributed by atoms with van der Waals surface area (Å²) in [4.78, 5) is 28.5. The first kappa shape index (κ1) is 18.9. The van der Waals surface area contributed by atoms with E-state index in [0.29, 0.717) is 34.1 Å². The molecular formula is C17H18N6O2S2. The number of hydrogen-bond donors (Lipinski definition) is 3. The lowest BCUT2D eigenvalue weighted by Gasteiger charge is -2.04. The second-order valence-corrected chi connectivity index (χ2v) is 6.99. The Morgan fingerprint density at radius 1 is 1.30 bits per heavy atom. The van der Waals surface area contributed by atoms with Crippen LogP contribution in [0.3, 0.4) is 0 Å². The van der Waals surface area contributed by atoms with Crippen molar-refractivity contribution in [1.82, 2.24) is 25.1 Å². The fraction of sp³-hybridized carbons (Fsp3) is 0.235. The second kappa shape index (κ2) is 8.69. The van der Waals surface area contributed by atoms with Crippen molar-refractivity contribution < 1.29 is 9.59 Å². The van der Waals surface area contributed by atoms with Crippen molar-refractivity contribution >= 4 is 40.5 Å². The molecule has 2 aromatic heterocycles. The van der Waals surface area contributed by atoms with Gasteiger partial charge in [0.1, 0.15) is 5.82 Å². The highest BCUT2D eigenvalue weighted by molar-refractivity contribution is 7.71. The number of aromatic nitrogens is 4. The molecule has 3 rings (SSSR count). The minimum Gasteiger partial charge on any atom is -0.355 e. The van der Waals surface area contributed by atoms with Crippen molar-refractivity contribution in [3.8, 4) is 0 Å². The third kappa shape index (κ3) is 5.08. The zero-order chi connectivity index (χ0) is 19.2. The Balaban J connectivity index is 1.47. The van der Waals surface area contributed by atoms with Crippen LogP contribution in [-0.2, 0) is 24.7 Å². The number of nitrogens with one attached hydrogen (secondary N) is 3. The molecule has 0 spiro atoms. The molecule has 0 saturated heterocycles. The van der Waals surface area contributed by atoms with Gasteiger partial charge >= 0.3 is 0 Å². The van der Waals surface area contributed by atoms with E-state index in [9.17, 15) is 9.59 Å². The monoisotopic (exact) mass is 402 g/mol. The Morgan fingerprint density at radius 3 is 2.78 bits per heavy atom. The summed E-state index contributed by atoms with van der Waals surface area (Å²) < 4.78 is 2.31. The molecule has 2 amide bonds. The Morgan fingerprint density at radius 2 is 2.07 bits per heavy atom. The van der Waals surface area contributed by atoms with Crippen LogP contribution in [0.2, 0.25) is 0 Å². The van der Waals surface area contributed by atoms with E-state index in [1.807, 2.05) is 13.1 Å². The van der Waals surface area contributed by atoms with E-state index < -0.39 is 0 Å². The van der Waals surface area contributed by atoms with Crippen LogP contribution in [0.25, 0.3) is 0 Å². The number of hydrogen-bond acceptors (Lipinski definition) is 6. The molecule has 0 radical (unpaired) electrons. The summed E-state index contributed by atoms with van der Waals surface area (Å²) in [6, 6.07) is 8.90. The third-order valence-corrected chi connectivity index (χ3v) is 4.96. The highest BCUT2D eigenvalue weighted by Crippen LogP contribution is 2.17. The molecule has 0 unspecified atom stereocenters. The van der Waals surface area contributed by atoms with Crippen LogP contribution in [-0.4, -0.2) is 38.1 Å². The normalized spacial score (nSPS) is 10.6. The van der Waals surface area contributed by atoms with E-state index >= 15 is 0 Å². The highest BCUT2D eigenvalue weighted by Gasteiger charge is 2.11. The summed E-state index contributed by atoms with van der Waals surface area (Å²) in [5.41, 5.74) is 1.17. The Bertz CT molecular complexity index is 992. The summed E-state index contributed by atoms with van der Waals surface area (Å²) in [5, 5.41) is 14.6. The number of rotatable bonds is 7. The third-order valence-electron chi connectivity index (χ3n) is 3.79. The van der Waals surface area contributed by atoms with Crippen LogP contribution in [0, 0.1) is 4.77 Å². The fourth-order valence-electron chi connectivity index (χ4n) is 2.35. The second-order valence-electron chi connectivity index (χ2n) is 5.74. The molecule has 10 heteroatoms. The van der Waals surface area contributed by atoms with Gasteiger partial charge in [-0.3, -0.25) is 20.0 Å². The summed E-state index contributed by atoms with van der Waals surface area (Å²) in [7, 11) is 1.82. The number of thiazole rings is 1. The molecule has 27 heavy (non-hydrogen) atoms. The summed E-state index contributed by atoms with van der Waals surface area (Å²) in [6.45, 7) is 0.452. The first-order valence-corrected chi connectivity index (χ1v) is 9.49. The lowest BCUT2D eigenvalue weighted by Crippen LogP contribution is -2.28. The van der Waals surface area contributed by atoms with Crippen molar-refractivity contribution in [2.24, 2.45) is 7.05 Å². The number of aromatic amines is 1. The van der Waals surface area contributed by atoms with Crippen LogP contribution in [0.4, 0.5) is 5.13 Å². The molecule has 0 fully saturated rings. The van der Waals surface area contributed by atoms with Gasteiger partial charge in [-0.05, 0) is 24.4 Å². The molecule has 0 atom stereocenters. The number of H-pyrrole nitrogens is 1. The van der Waals surface area contributed by atoms with Crippen molar-refractivity contribution in [3.63, 3.8) is 0 Å². The first-order valence-electron chi connectivity index (χ1n) is 8.20. The van der Waals surface area contributed by atoms with E-state index in [1.54, 1.807) is 34.2 Å². The molecule has 0 aliphatic rings. The van der Waals surface area contributed by atoms with Gasteiger partial charge in [0.15, 0.2) is 9.90 Å². The van der Waals surface area contributed by atoms with E-state index in [1.165, 1.54) is 11.3 Å². The lowest BCUT2D eigenvalue weighted by atomic mass is 10.2. The van der Waals surface area contributed by atoms with Gasteiger partial charge in [0.2, 0.25) is 5.91 Å². The van der Waals surface area contributed by atoms with Gasteiger partial charge in [-0.25, -0.2) is 4.98 Å². The summed E-state index contributed by atoms with van der Waals surface area (Å²) in [5.74, 6) is 0.409. The van der Waals surface area contributed by atoms with Crippen LogP contribution >= 0.6 is 23.6 Å². The number of nitrogens with zero attached hydrogens (tertiary/aromatic N) is 3. The smallest absolute Gasteiger partial charge is 0.257 e. The molecular weight excluding hydrogens is 384 g/mol. The van der Waals surface area contributed by atoms with Gasteiger partial charge in [-0.1, -0.05) is 18.2 Å². The van der Waals surface area contributed by atoms with E-state index in [0.717, 1.165) is 5.82 Å². The summed E-state index contributed by atoms with van der Waals surface area (Å²) in [6.07, 6.45) is 0.724. The maximum absolute atomic E-state index is 12.1. The van der Waals surface area contributed by atoms with Gasteiger partial charge < -0.3 is 9.88 Å². The van der Waals surface area contributed by atoms with Crippen LogP contribution in [0.5, 0.6) is 0 Å². The number of benzene rings is 1. The van der Waals surface area contributed by atoms with E-state index in [2.05, 4.69) is 25.8 Å².